The second-order valence-corrected chi connectivity index (χ2v) is 3.29. The predicted octanol–water partition coefficient (Wildman–Crippen LogP) is 1.63. The Morgan fingerprint density at radius 1 is 1.47 bits per heavy atom. The molecule has 17 heavy (non-hydrogen) atoms. The Hall–Kier alpha value is -2.25. The third kappa shape index (κ3) is 1.77. The lowest BCUT2D eigenvalue weighted by Crippen LogP contribution is -2.06. The molecule has 0 spiro atoms. The second kappa shape index (κ2) is 3.37. The molecular weight excluding hydrogens is 239 g/mol. The first-order valence-electron chi connectivity index (χ1n) is 4.39. The number of aromatic carboxylic acids is 1. The number of nitrogens with zero attached hydrogens (tertiary/aromatic N) is 2. The van der Waals surface area contributed by atoms with E-state index < -0.39 is 23.4 Å². The molecule has 90 valence electrons. The summed E-state index contributed by atoms with van der Waals surface area (Å²) < 4.78 is 38.3. The molecule has 0 aliphatic heterocycles. The van der Waals surface area contributed by atoms with Crippen molar-refractivity contribution in [2.75, 3.05) is 5.73 Å². The molecule has 0 fully saturated rings. The van der Waals surface area contributed by atoms with Crippen LogP contribution in [0.15, 0.2) is 18.3 Å². The van der Waals surface area contributed by atoms with E-state index >= 15 is 0 Å². The van der Waals surface area contributed by atoms with Crippen molar-refractivity contribution >= 4 is 17.4 Å². The standard InChI is InChI=1S/C9H6F3N3O2/c10-9(11,12)4-1-2-15-5(3-4)14-6(7(15)13)8(16)17/h1-3H,13H2,(H,16,17). The first-order valence-corrected chi connectivity index (χ1v) is 4.39. The van der Waals surface area contributed by atoms with E-state index in [4.69, 9.17) is 10.8 Å². The third-order valence-electron chi connectivity index (χ3n) is 2.19. The highest BCUT2D eigenvalue weighted by Crippen LogP contribution is 2.30. The Balaban J connectivity index is 2.68. The van der Waals surface area contributed by atoms with Crippen LogP contribution >= 0.6 is 0 Å². The Bertz CT molecular complexity index is 603. The summed E-state index contributed by atoms with van der Waals surface area (Å²) in [5, 5.41) is 8.72. The molecule has 0 bridgehead atoms. The van der Waals surface area contributed by atoms with Crippen LogP contribution in [0.4, 0.5) is 19.0 Å². The zero-order valence-electron chi connectivity index (χ0n) is 8.19. The number of fused-ring (bicyclic) bond motifs is 1. The number of carboxylic acid groups (broad SMARTS) is 1. The molecule has 0 aliphatic carbocycles. The van der Waals surface area contributed by atoms with Gasteiger partial charge in [0.1, 0.15) is 11.5 Å². The minimum absolute atomic E-state index is 0.158. The lowest BCUT2D eigenvalue weighted by Gasteiger charge is -2.06. The molecule has 2 rings (SSSR count). The summed E-state index contributed by atoms with van der Waals surface area (Å²) in [6.07, 6.45) is -3.47. The largest absolute Gasteiger partial charge is 0.476 e. The van der Waals surface area contributed by atoms with E-state index in [9.17, 15) is 18.0 Å². The Kier molecular flexibility index (Phi) is 2.23. The van der Waals surface area contributed by atoms with Gasteiger partial charge in [0.2, 0.25) is 0 Å². The zero-order chi connectivity index (χ0) is 12.8. The van der Waals surface area contributed by atoms with Crippen molar-refractivity contribution in [3.63, 3.8) is 0 Å². The maximum Gasteiger partial charge on any atom is 0.416 e. The van der Waals surface area contributed by atoms with Gasteiger partial charge in [-0.05, 0) is 12.1 Å². The average Bonchev–Trinajstić information content (AvgIpc) is 2.54. The van der Waals surface area contributed by atoms with Crippen LogP contribution in [0.1, 0.15) is 16.1 Å². The Morgan fingerprint density at radius 3 is 2.65 bits per heavy atom. The summed E-state index contributed by atoms with van der Waals surface area (Å²) in [6, 6.07) is 1.54. The molecule has 0 aromatic carbocycles. The maximum atomic E-state index is 12.4. The fourth-order valence-electron chi connectivity index (χ4n) is 1.40. The van der Waals surface area contributed by atoms with E-state index in [1.54, 1.807) is 0 Å². The third-order valence-corrected chi connectivity index (χ3v) is 2.19. The number of halogens is 3. The van der Waals surface area contributed by atoms with Crippen LogP contribution in [-0.4, -0.2) is 20.5 Å². The van der Waals surface area contributed by atoms with Crippen molar-refractivity contribution in [1.29, 1.82) is 0 Å². The fraction of sp³-hybridized carbons (Fsp3) is 0.111. The van der Waals surface area contributed by atoms with Gasteiger partial charge in [-0.2, -0.15) is 13.2 Å². The monoisotopic (exact) mass is 245 g/mol. The van der Waals surface area contributed by atoms with Crippen LogP contribution in [-0.2, 0) is 6.18 Å². The van der Waals surface area contributed by atoms with Gasteiger partial charge < -0.3 is 10.8 Å². The molecule has 0 saturated carbocycles. The summed E-state index contributed by atoms with van der Waals surface area (Å²) in [5.41, 5.74) is 3.90. The Labute approximate surface area is 92.3 Å². The van der Waals surface area contributed by atoms with Crippen molar-refractivity contribution in [3.8, 4) is 0 Å². The van der Waals surface area contributed by atoms with E-state index in [1.807, 2.05) is 0 Å². The molecular formula is C9H6F3N3O2. The summed E-state index contributed by atoms with van der Waals surface area (Å²) in [5.74, 6) is -1.60. The van der Waals surface area contributed by atoms with Crippen LogP contribution in [0.3, 0.4) is 0 Å². The van der Waals surface area contributed by atoms with Crippen molar-refractivity contribution in [2.24, 2.45) is 0 Å². The number of imidazole rings is 1. The molecule has 8 heteroatoms. The van der Waals surface area contributed by atoms with E-state index in [0.29, 0.717) is 0 Å². The lowest BCUT2D eigenvalue weighted by atomic mass is 10.2. The number of alkyl halides is 3. The number of carbonyl (C=O) groups is 1. The summed E-state index contributed by atoms with van der Waals surface area (Å²) in [4.78, 5) is 14.2. The molecule has 5 nitrogen and oxygen atoms in total. The number of pyridine rings is 1. The molecule has 0 atom stereocenters. The molecule has 2 aromatic rings. The Morgan fingerprint density at radius 2 is 2.12 bits per heavy atom. The van der Waals surface area contributed by atoms with Crippen LogP contribution in [0.5, 0.6) is 0 Å². The number of aromatic nitrogens is 2. The van der Waals surface area contributed by atoms with Crippen molar-refractivity contribution < 1.29 is 23.1 Å². The normalized spacial score (nSPS) is 11.9. The topological polar surface area (TPSA) is 80.6 Å². The minimum atomic E-state index is -4.51. The van der Waals surface area contributed by atoms with Gasteiger partial charge in [0.25, 0.3) is 0 Å². The molecule has 3 N–H and O–H groups in total. The van der Waals surface area contributed by atoms with Gasteiger partial charge in [-0.15, -0.1) is 0 Å². The number of hydrogen-bond acceptors (Lipinski definition) is 3. The SMILES string of the molecule is Nc1c(C(=O)O)nc2cc(C(F)(F)F)ccn12. The second-order valence-electron chi connectivity index (χ2n) is 3.29. The van der Waals surface area contributed by atoms with Crippen LogP contribution in [0, 0.1) is 0 Å². The first-order chi connectivity index (χ1) is 7.80. The predicted molar refractivity (Wildman–Crippen MR) is 51.6 cm³/mol. The molecule has 0 aliphatic rings. The van der Waals surface area contributed by atoms with Crippen molar-refractivity contribution in [3.05, 3.63) is 29.6 Å². The molecule has 0 radical (unpaired) electrons. The zero-order valence-corrected chi connectivity index (χ0v) is 8.19. The number of rotatable bonds is 1. The smallest absolute Gasteiger partial charge is 0.416 e. The summed E-state index contributed by atoms with van der Waals surface area (Å²) in [7, 11) is 0. The van der Waals surface area contributed by atoms with Gasteiger partial charge in [0.05, 0.1) is 5.56 Å². The number of hydrogen-bond donors (Lipinski definition) is 2. The fourth-order valence-corrected chi connectivity index (χ4v) is 1.40. The van der Waals surface area contributed by atoms with Crippen molar-refractivity contribution in [1.82, 2.24) is 9.38 Å². The van der Waals surface area contributed by atoms with Gasteiger partial charge in [-0.25, -0.2) is 9.78 Å². The van der Waals surface area contributed by atoms with Crippen LogP contribution < -0.4 is 5.73 Å². The maximum absolute atomic E-state index is 12.4. The summed E-state index contributed by atoms with van der Waals surface area (Å²) >= 11 is 0. The van der Waals surface area contributed by atoms with E-state index in [0.717, 1.165) is 22.7 Å². The van der Waals surface area contributed by atoms with E-state index in [-0.39, 0.29) is 11.5 Å². The quantitative estimate of drug-likeness (QED) is 0.800. The van der Waals surface area contributed by atoms with Crippen molar-refractivity contribution in [2.45, 2.75) is 6.18 Å². The molecule has 0 unspecified atom stereocenters. The molecule has 0 amide bonds. The van der Waals surface area contributed by atoms with Crippen LogP contribution in [0.2, 0.25) is 0 Å². The summed E-state index contributed by atoms with van der Waals surface area (Å²) in [6.45, 7) is 0. The first kappa shape index (κ1) is 11.2. The van der Waals surface area contributed by atoms with Crippen LogP contribution in [0.25, 0.3) is 5.65 Å². The highest BCUT2D eigenvalue weighted by atomic mass is 19.4. The lowest BCUT2D eigenvalue weighted by molar-refractivity contribution is -0.137. The minimum Gasteiger partial charge on any atom is -0.476 e. The van der Waals surface area contributed by atoms with Gasteiger partial charge >= 0.3 is 12.1 Å². The number of nitrogen functional groups attached to an aromatic ring is 1. The molecule has 2 aromatic heterocycles. The van der Waals surface area contributed by atoms with Gasteiger partial charge in [0, 0.05) is 6.20 Å². The van der Waals surface area contributed by atoms with Gasteiger partial charge in [0.15, 0.2) is 5.69 Å². The molecule has 2 heterocycles. The van der Waals surface area contributed by atoms with Gasteiger partial charge in [-0.3, -0.25) is 4.40 Å². The van der Waals surface area contributed by atoms with E-state index in [1.165, 1.54) is 0 Å². The number of nitrogens with two attached hydrogens (primary N) is 1. The van der Waals surface area contributed by atoms with Gasteiger partial charge in [-0.1, -0.05) is 0 Å². The highest BCUT2D eigenvalue weighted by Gasteiger charge is 2.31. The molecule has 0 saturated heterocycles. The highest BCUT2D eigenvalue weighted by molar-refractivity contribution is 5.92. The number of anilines is 1. The number of carboxylic acids is 1. The van der Waals surface area contributed by atoms with E-state index in [2.05, 4.69) is 4.98 Å². The average molecular weight is 245 g/mol.